The molecule has 0 aromatic rings. The summed E-state index contributed by atoms with van der Waals surface area (Å²) >= 11 is 0. The Balaban J connectivity index is 1.82. The first-order valence-corrected chi connectivity index (χ1v) is 4.63. The lowest BCUT2D eigenvalue weighted by Crippen LogP contribution is -2.39. The predicted molar refractivity (Wildman–Crippen MR) is 43.1 cm³/mol. The lowest BCUT2D eigenvalue weighted by atomic mass is 9.73. The maximum absolute atomic E-state index is 10.8. The van der Waals surface area contributed by atoms with E-state index in [4.69, 9.17) is 0 Å². The molecule has 1 aliphatic heterocycles. The Morgan fingerprint density at radius 1 is 1.18 bits per heavy atom. The van der Waals surface area contributed by atoms with E-state index in [-0.39, 0.29) is 5.91 Å². The third-order valence-electron chi connectivity index (χ3n) is 3.12. The monoisotopic (exact) mass is 153 g/mol. The lowest BCUT2D eigenvalue weighted by Gasteiger charge is -2.36. The molecule has 1 atom stereocenters. The molecule has 11 heavy (non-hydrogen) atoms. The summed E-state index contributed by atoms with van der Waals surface area (Å²) in [5.74, 6) is 2.00. The highest BCUT2D eigenvalue weighted by Gasteiger charge is 2.29. The SMILES string of the molecule is O=C1CCC(C2CCC2)CN1. The molecule has 1 amide bonds. The largest absolute Gasteiger partial charge is 0.356 e. The van der Waals surface area contributed by atoms with Crippen LogP contribution in [0.1, 0.15) is 32.1 Å². The van der Waals surface area contributed by atoms with Crippen LogP contribution in [-0.2, 0) is 4.79 Å². The second kappa shape index (κ2) is 2.84. The number of amides is 1. The molecule has 0 aromatic carbocycles. The topological polar surface area (TPSA) is 29.1 Å². The summed E-state index contributed by atoms with van der Waals surface area (Å²) in [5, 5.41) is 2.94. The van der Waals surface area contributed by atoms with Gasteiger partial charge in [0.05, 0.1) is 0 Å². The molecule has 1 N–H and O–H groups in total. The van der Waals surface area contributed by atoms with Crippen molar-refractivity contribution >= 4 is 5.91 Å². The van der Waals surface area contributed by atoms with E-state index in [1.54, 1.807) is 0 Å². The van der Waals surface area contributed by atoms with Crippen molar-refractivity contribution in [3.63, 3.8) is 0 Å². The van der Waals surface area contributed by atoms with Gasteiger partial charge in [-0.1, -0.05) is 19.3 Å². The average Bonchev–Trinajstić information content (AvgIpc) is 1.90. The number of hydrogen-bond donors (Lipinski definition) is 1. The van der Waals surface area contributed by atoms with Gasteiger partial charge in [-0.3, -0.25) is 4.79 Å². The molecule has 1 saturated heterocycles. The van der Waals surface area contributed by atoms with Gasteiger partial charge < -0.3 is 5.32 Å². The van der Waals surface area contributed by atoms with Crippen LogP contribution in [0.25, 0.3) is 0 Å². The van der Waals surface area contributed by atoms with E-state index in [2.05, 4.69) is 5.32 Å². The molecule has 1 saturated carbocycles. The summed E-state index contributed by atoms with van der Waals surface area (Å²) in [6, 6.07) is 0. The zero-order valence-corrected chi connectivity index (χ0v) is 6.81. The van der Waals surface area contributed by atoms with E-state index in [0.29, 0.717) is 0 Å². The third-order valence-corrected chi connectivity index (χ3v) is 3.12. The molecule has 0 spiro atoms. The van der Waals surface area contributed by atoms with Crippen molar-refractivity contribution in [1.29, 1.82) is 0 Å². The molecule has 1 unspecified atom stereocenters. The molecule has 2 nitrogen and oxygen atoms in total. The van der Waals surface area contributed by atoms with Gasteiger partial charge in [0.1, 0.15) is 0 Å². The van der Waals surface area contributed by atoms with E-state index >= 15 is 0 Å². The van der Waals surface area contributed by atoms with Crippen LogP contribution in [0.5, 0.6) is 0 Å². The van der Waals surface area contributed by atoms with E-state index < -0.39 is 0 Å². The number of carbonyl (C=O) groups is 1. The third kappa shape index (κ3) is 1.39. The molecule has 0 radical (unpaired) electrons. The Kier molecular flexibility index (Phi) is 1.84. The Bertz CT molecular complexity index is 153. The molecule has 2 aliphatic rings. The first-order chi connectivity index (χ1) is 5.36. The number of piperidine rings is 1. The Morgan fingerprint density at radius 3 is 2.45 bits per heavy atom. The smallest absolute Gasteiger partial charge is 0.220 e. The Morgan fingerprint density at radius 2 is 2.00 bits per heavy atom. The fraction of sp³-hybridized carbons (Fsp3) is 0.889. The fourth-order valence-corrected chi connectivity index (χ4v) is 2.07. The number of nitrogens with one attached hydrogen (secondary N) is 1. The van der Waals surface area contributed by atoms with Gasteiger partial charge in [0.25, 0.3) is 0 Å². The summed E-state index contributed by atoms with van der Waals surface area (Å²) in [6.07, 6.45) is 6.12. The highest BCUT2D eigenvalue weighted by atomic mass is 16.1. The second-order valence-electron chi connectivity index (χ2n) is 3.79. The van der Waals surface area contributed by atoms with E-state index in [1.807, 2.05) is 0 Å². The van der Waals surface area contributed by atoms with Gasteiger partial charge in [0, 0.05) is 13.0 Å². The van der Waals surface area contributed by atoms with Gasteiger partial charge in [-0.2, -0.15) is 0 Å². The van der Waals surface area contributed by atoms with E-state index in [1.165, 1.54) is 19.3 Å². The molecule has 2 heteroatoms. The molecular formula is C9H15NO. The standard InChI is InChI=1S/C9H15NO/c11-9-5-4-8(6-10-9)7-2-1-3-7/h7-8H,1-6H2,(H,10,11). The minimum Gasteiger partial charge on any atom is -0.356 e. The van der Waals surface area contributed by atoms with Gasteiger partial charge in [-0.25, -0.2) is 0 Å². The van der Waals surface area contributed by atoms with Crippen molar-refractivity contribution in [3.8, 4) is 0 Å². The van der Waals surface area contributed by atoms with Gasteiger partial charge in [0.2, 0.25) is 5.91 Å². The van der Waals surface area contributed by atoms with Crippen molar-refractivity contribution in [2.45, 2.75) is 32.1 Å². The maximum atomic E-state index is 10.8. The first-order valence-electron chi connectivity index (χ1n) is 4.63. The van der Waals surface area contributed by atoms with Gasteiger partial charge in [-0.15, -0.1) is 0 Å². The van der Waals surface area contributed by atoms with E-state index in [9.17, 15) is 4.79 Å². The molecule has 62 valence electrons. The van der Waals surface area contributed by atoms with Crippen LogP contribution in [0, 0.1) is 11.8 Å². The van der Waals surface area contributed by atoms with Crippen LogP contribution >= 0.6 is 0 Å². The molecule has 2 rings (SSSR count). The average molecular weight is 153 g/mol. The Labute approximate surface area is 67.4 Å². The van der Waals surface area contributed by atoms with Crippen molar-refractivity contribution < 1.29 is 4.79 Å². The van der Waals surface area contributed by atoms with Crippen molar-refractivity contribution in [2.24, 2.45) is 11.8 Å². The first kappa shape index (κ1) is 7.14. The van der Waals surface area contributed by atoms with Crippen LogP contribution < -0.4 is 5.32 Å². The fourth-order valence-electron chi connectivity index (χ4n) is 2.07. The van der Waals surface area contributed by atoms with Crippen LogP contribution in [0.4, 0.5) is 0 Å². The number of hydrogen-bond acceptors (Lipinski definition) is 1. The van der Waals surface area contributed by atoms with Crippen molar-refractivity contribution in [2.75, 3.05) is 6.54 Å². The van der Waals surface area contributed by atoms with Crippen molar-refractivity contribution in [3.05, 3.63) is 0 Å². The normalized spacial score (nSPS) is 32.7. The van der Waals surface area contributed by atoms with E-state index in [0.717, 1.165) is 31.2 Å². The maximum Gasteiger partial charge on any atom is 0.220 e. The van der Waals surface area contributed by atoms with Crippen LogP contribution in [-0.4, -0.2) is 12.5 Å². The lowest BCUT2D eigenvalue weighted by molar-refractivity contribution is -0.123. The molecule has 2 fully saturated rings. The van der Waals surface area contributed by atoms with Crippen LogP contribution in [0.3, 0.4) is 0 Å². The summed E-state index contributed by atoms with van der Waals surface area (Å²) in [4.78, 5) is 10.8. The summed E-state index contributed by atoms with van der Waals surface area (Å²) in [6.45, 7) is 0.948. The number of carbonyl (C=O) groups excluding carboxylic acids is 1. The molecule has 1 aliphatic carbocycles. The van der Waals surface area contributed by atoms with Crippen LogP contribution in [0.2, 0.25) is 0 Å². The quantitative estimate of drug-likeness (QED) is 0.604. The van der Waals surface area contributed by atoms with Gasteiger partial charge in [0.15, 0.2) is 0 Å². The zero-order valence-electron chi connectivity index (χ0n) is 6.81. The van der Waals surface area contributed by atoms with Crippen LogP contribution in [0.15, 0.2) is 0 Å². The minimum absolute atomic E-state index is 0.251. The number of rotatable bonds is 1. The molecule has 0 aromatic heterocycles. The van der Waals surface area contributed by atoms with Crippen molar-refractivity contribution in [1.82, 2.24) is 5.32 Å². The zero-order chi connectivity index (χ0) is 7.68. The minimum atomic E-state index is 0.251. The summed E-state index contributed by atoms with van der Waals surface area (Å²) in [7, 11) is 0. The molecule has 1 heterocycles. The highest BCUT2D eigenvalue weighted by Crippen LogP contribution is 2.36. The predicted octanol–water partition coefficient (Wildman–Crippen LogP) is 1.31. The summed E-state index contributed by atoms with van der Waals surface area (Å²) < 4.78 is 0. The molecule has 0 bridgehead atoms. The second-order valence-corrected chi connectivity index (χ2v) is 3.79. The molecular weight excluding hydrogens is 138 g/mol. The van der Waals surface area contributed by atoms with Gasteiger partial charge in [-0.05, 0) is 18.3 Å². The Hall–Kier alpha value is -0.530. The van der Waals surface area contributed by atoms with Gasteiger partial charge >= 0.3 is 0 Å². The summed E-state index contributed by atoms with van der Waals surface area (Å²) in [5.41, 5.74) is 0. The highest BCUT2D eigenvalue weighted by molar-refractivity contribution is 5.76.